The number of phosphoric ester groups is 1. The number of carboxylic acids is 1. The number of rotatable bonds is 20. The van der Waals surface area contributed by atoms with E-state index in [2.05, 4.69) is 23.2 Å². The van der Waals surface area contributed by atoms with Crippen LogP contribution >= 0.6 is 31.2 Å². The first-order valence-electron chi connectivity index (χ1n) is 18.2. The van der Waals surface area contributed by atoms with E-state index in [9.17, 15) is 23.2 Å². The third-order valence-electron chi connectivity index (χ3n) is 9.43. The number of halogens is 4. The van der Waals surface area contributed by atoms with Crippen molar-refractivity contribution in [3.05, 3.63) is 149 Å². The van der Waals surface area contributed by atoms with Gasteiger partial charge in [0.1, 0.15) is 35.5 Å². The summed E-state index contributed by atoms with van der Waals surface area (Å²) in [5, 5.41) is 23.7. The van der Waals surface area contributed by atoms with Crippen LogP contribution in [0.2, 0.25) is 0 Å². The van der Waals surface area contributed by atoms with Gasteiger partial charge < -0.3 is 14.6 Å². The first kappa shape index (κ1) is 45.5. The number of hydrogen-bond acceptors (Lipinski definition) is 11. The Balaban J connectivity index is 1.58. The molecule has 18 heteroatoms. The van der Waals surface area contributed by atoms with Crippen molar-refractivity contribution < 1.29 is 50.7 Å². The van der Waals surface area contributed by atoms with Gasteiger partial charge in [-0.15, -0.1) is 24.9 Å². The molecule has 59 heavy (non-hydrogen) atoms. The van der Waals surface area contributed by atoms with E-state index in [1.54, 1.807) is 22.9 Å². The molecule has 2 aliphatic rings. The highest BCUT2D eigenvalue weighted by Crippen LogP contribution is 2.61. The van der Waals surface area contributed by atoms with Crippen molar-refractivity contribution in [3.63, 3.8) is 0 Å². The fraction of sp³-hybridized carbons (Fsp3) is 0.317. The van der Waals surface area contributed by atoms with Crippen molar-refractivity contribution in [2.24, 2.45) is 5.92 Å². The number of phosphoric acid groups is 1. The van der Waals surface area contributed by atoms with Crippen LogP contribution < -0.4 is 0 Å². The summed E-state index contributed by atoms with van der Waals surface area (Å²) in [7, 11) is -4.54. The van der Waals surface area contributed by atoms with Gasteiger partial charge in [-0.05, 0) is 36.3 Å². The molecule has 2 aromatic carbocycles. The van der Waals surface area contributed by atoms with Crippen LogP contribution in [-0.2, 0) is 44.4 Å². The maximum absolute atomic E-state index is 16.1. The van der Waals surface area contributed by atoms with Crippen molar-refractivity contribution in [2.75, 3.05) is 33.0 Å². The Morgan fingerprint density at radius 1 is 1.14 bits per heavy atom. The molecule has 0 spiro atoms. The molecular weight excluding hydrogens is 832 g/mol. The second kappa shape index (κ2) is 20.6. The zero-order valence-electron chi connectivity index (χ0n) is 31.8. The molecule has 0 amide bonds. The fourth-order valence-electron chi connectivity index (χ4n) is 6.56. The maximum atomic E-state index is 16.1. The van der Waals surface area contributed by atoms with Crippen molar-refractivity contribution in [1.82, 2.24) is 14.8 Å². The highest BCUT2D eigenvalue weighted by Gasteiger charge is 2.64. The molecule has 1 N–H and O–H groups in total. The van der Waals surface area contributed by atoms with Crippen LogP contribution in [0.4, 0.5) is 13.2 Å². The van der Waals surface area contributed by atoms with Crippen molar-refractivity contribution in [2.45, 2.75) is 41.6 Å². The summed E-state index contributed by atoms with van der Waals surface area (Å²) in [6.07, 6.45) is 14.1. The summed E-state index contributed by atoms with van der Waals surface area (Å²) >= 11 is 8.44. The van der Waals surface area contributed by atoms with Crippen LogP contribution in [0.25, 0.3) is 6.08 Å². The zero-order chi connectivity index (χ0) is 42.6. The molecule has 0 radical (unpaired) electrons. The Morgan fingerprint density at radius 2 is 1.86 bits per heavy atom. The van der Waals surface area contributed by atoms with E-state index in [1.807, 2.05) is 13.0 Å². The SMILES string of the molecule is C=CCOP(=O)(OCC=C)OC[C@@]1(S[C@H]2CO[C@H](C=CC=Cc3ccc(C#N)cc3F)OC2)C(Cl)=C(C(CC)Cn2cncn2)C=C[C@]1(C(=O)O)c1ccc(F)cc1F. The number of aromatic nitrogens is 3. The van der Waals surface area contributed by atoms with Gasteiger partial charge in [-0.25, -0.2) is 22.7 Å². The van der Waals surface area contributed by atoms with E-state index in [1.165, 1.54) is 55.2 Å². The lowest BCUT2D eigenvalue weighted by atomic mass is 9.65. The molecule has 0 bridgehead atoms. The Kier molecular flexibility index (Phi) is 15.9. The van der Waals surface area contributed by atoms with Gasteiger partial charge in [-0.3, -0.25) is 23.0 Å². The lowest BCUT2D eigenvalue weighted by molar-refractivity contribution is -0.147. The average Bonchev–Trinajstić information content (AvgIpc) is 3.75. The summed E-state index contributed by atoms with van der Waals surface area (Å²) in [5.74, 6) is -4.70. The fourth-order valence-corrected chi connectivity index (χ4v) is 10.0. The van der Waals surface area contributed by atoms with Crippen molar-refractivity contribution in [3.8, 4) is 6.07 Å². The summed E-state index contributed by atoms with van der Waals surface area (Å²) in [4.78, 5) is 18.0. The lowest BCUT2D eigenvalue weighted by Crippen LogP contribution is -2.60. The number of thioether (sulfide) groups is 1. The van der Waals surface area contributed by atoms with Gasteiger partial charge in [0.25, 0.3) is 0 Å². The summed E-state index contributed by atoms with van der Waals surface area (Å²) in [6.45, 7) is 7.81. The number of carbonyl (C=O) groups is 1. The number of aliphatic carboxylic acids is 1. The lowest BCUT2D eigenvalue weighted by Gasteiger charge is -2.50. The smallest absolute Gasteiger partial charge is 0.475 e. The van der Waals surface area contributed by atoms with Gasteiger partial charge in [-0.2, -0.15) is 10.4 Å². The summed E-state index contributed by atoms with van der Waals surface area (Å²) < 4.78 is 87.5. The van der Waals surface area contributed by atoms with Crippen LogP contribution in [0.15, 0.2) is 115 Å². The average molecular weight is 873 g/mol. The number of nitriles is 1. The largest absolute Gasteiger partial charge is 0.480 e. The molecule has 1 aliphatic carbocycles. The molecule has 1 fully saturated rings. The maximum Gasteiger partial charge on any atom is 0.475 e. The predicted molar refractivity (Wildman–Crippen MR) is 216 cm³/mol. The van der Waals surface area contributed by atoms with Crippen molar-refractivity contribution in [1.29, 1.82) is 5.26 Å². The topological polar surface area (TPSA) is 155 Å². The predicted octanol–water partition coefficient (Wildman–Crippen LogP) is 8.69. The monoisotopic (exact) mass is 872 g/mol. The third kappa shape index (κ3) is 10.4. The Labute approximate surface area is 348 Å². The number of benzene rings is 2. The van der Waals surface area contributed by atoms with Crippen LogP contribution in [0.5, 0.6) is 0 Å². The van der Waals surface area contributed by atoms with Gasteiger partial charge in [0, 0.05) is 34.7 Å². The number of nitrogens with zero attached hydrogens (tertiary/aromatic N) is 4. The summed E-state index contributed by atoms with van der Waals surface area (Å²) in [5.41, 5.74) is -2.02. The normalized spacial score (nSPS) is 22.8. The number of carboxylic acid groups (broad SMARTS) is 1. The first-order chi connectivity index (χ1) is 28.3. The molecule has 5 rings (SSSR count). The Bertz CT molecular complexity index is 2190. The molecule has 312 valence electrons. The van der Waals surface area contributed by atoms with Crippen molar-refractivity contribution >= 4 is 43.2 Å². The molecule has 1 aromatic heterocycles. The summed E-state index contributed by atoms with van der Waals surface area (Å²) in [6, 6.07) is 8.49. The minimum absolute atomic E-state index is 0.0616. The second-order valence-corrected chi connectivity index (χ2v) is 16.8. The molecule has 0 saturated carbocycles. The standard InChI is InChI=1S/C41H41ClF3N4O8PS/c1-4-17-55-58(52,56-18-5-2)57-25-41(59-32-23-53-37(54-24-32)10-8-7-9-30-12-11-28(21-46)19-35(30)44)38(42)33(29(6-3)22-49-27-47-26-48-49)15-16-40(41,39(50)51)34-14-13-31(43)20-36(34)45/h4-5,7-16,19-20,26-27,29,32,37H,1-2,6,17-18,22-25H2,3H3,(H,50,51)/t29?,32-,37-,40-,41-/m1/s1. The van der Waals surface area contributed by atoms with Gasteiger partial charge in [0.15, 0.2) is 6.29 Å². The van der Waals surface area contributed by atoms with Gasteiger partial charge in [0.05, 0.1) is 54.7 Å². The second-order valence-electron chi connectivity index (χ2n) is 13.1. The minimum atomic E-state index is -4.54. The zero-order valence-corrected chi connectivity index (χ0v) is 34.3. The molecule has 3 atom stereocenters. The molecule has 12 nitrogen and oxygen atoms in total. The molecule has 2 heterocycles. The number of hydrogen-bond donors (Lipinski definition) is 1. The van der Waals surface area contributed by atoms with Gasteiger partial charge in [-0.1, -0.05) is 73.2 Å². The Morgan fingerprint density at radius 3 is 2.46 bits per heavy atom. The third-order valence-corrected chi connectivity index (χ3v) is 13.1. The van der Waals surface area contributed by atoms with Crippen LogP contribution in [0.1, 0.15) is 30.0 Å². The van der Waals surface area contributed by atoms with E-state index < -0.39 is 71.0 Å². The van der Waals surface area contributed by atoms with Crippen LogP contribution in [-0.4, -0.2) is 75.2 Å². The highest BCUT2D eigenvalue weighted by molar-refractivity contribution is 8.01. The first-order valence-corrected chi connectivity index (χ1v) is 20.9. The van der Waals surface area contributed by atoms with E-state index in [4.69, 9.17) is 39.9 Å². The molecule has 1 aliphatic heterocycles. The molecule has 1 unspecified atom stereocenters. The molecular formula is C41H41ClF3N4O8PS. The molecule has 3 aromatic rings. The highest BCUT2D eigenvalue weighted by atomic mass is 35.5. The van der Waals surface area contributed by atoms with Gasteiger partial charge >= 0.3 is 13.8 Å². The number of allylic oxidation sites excluding steroid dienone is 4. The Hall–Kier alpha value is -4.56. The van der Waals surface area contributed by atoms with E-state index >= 15 is 4.39 Å². The minimum Gasteiger partial charge on any atom is -0.480 e. The number of ether oxygens (including phenoxy) is 2. The van der Waals surface area contributed by atoms with Gasteiger partial charge in [0.2, 0.25) is 0 Å². The van der Waals surface area contributed by atoms with E-state index in [0.717, 1.165) is 30.0 Å². The van der Waals surface area contributed by atoms with Crippen LogP contribution in [0, 0.1) is 34.7 Å². The molecule has 1 saturated heterocycles. The van der Waals surface area contributed by atoms with E-state index in [0.29, 0.717) is 18.1 Å². The van der Waals surface area contributed by atoms with Crippen LogP contribution in [0.3, 0.4) is 0 Å². The quantitative estimate of drug-likeness (QED) is 0.0656. The van der Waals surface area contributed by atoms with E-state index in [-0.39, 0.29) is 49.1 Å².